The van der Waals surface area contributed by atoms with Crippen LogP contribution in [0.15, 0.2) is 0 Å². The summed E-state index contributed by atoms with van der Waals surface area (Å²) in [6.07, 6.45) is 6.25. The van der Waals surface area contributed by atoms with E-state index in [0.717, 1.165) is 38.5 Å². The number of fused-ring (bicyclic) bond motifs is 2. The summed E-state index contributed by atoms with van der Waals surface area (Å²) in [5.41, 5.74) is 0. The van der Waals surface area contributed by atoms with Gasteiger partial charge in [0.05, 0.1) is 32.1 Å². The molecular weight excluding hydrogens is 642 g/mol. The van der Waals surface area contributed by atoms with Crippen LogP contribution in [0.4, 0.5) is 9.59 Å². The molecule has 0 unspecified atom stereocenters. The zero-order chi connectivity index (χ0) is 23.4. The molecule has 0 aromatic carbocycles. The van der Waals surface area contributed by atoms with Gasteiger partial charge in [0.2, 0.25) is 0 Å². The monoisotopic (exact) mass is 678 g/mol. The fourth-order valence-corrected chi connectivity index (χ4v) is 7.75. The Bertz CT molecular complexity index is 602. The van der Waals surface area contributed by atoms with Crippen LogP contribution in [0, 0.1) is 0 Å². The van der Waals surface area contributed by atoms with Crippen LogP contribution in [0.2, 0.25) is 0 Å². The van der Waals surface area contributed by atoms with Crippen LogP contribution in [0.25, 0.3) is 0 Å². The van der Waals surface area contributed by atoms with Gasteiger partial charge in [-0.15, -0.1) is 0 Å². The number of ether oxygens (including phenoxy) is 2. The van der Waals surface area contributed by atoms with Gasteiger partial charge in [0.25, 0.3) is 0 Å². The average Bonchev–Trinajstić information content (AvgIpc) is 3.35. The van der Waals surface area contributed by atoms with Gasteiger partial charge in [0.1, 0.15) is 12.2 Å². The first-order valence-electron chi connectivity index (χ1n) is 11.9. The third-order valence-corrected chi connectivity index (χ3v) is 9.94. The van der Waals surface area contributed by atoms with E-state index in [1.165, 1.54) is 0 Å². The number of rotatable bonds is 6. The summed E-state index contributed by atoms with van der Waals surface area (Å²) >= 11 is 4.64. The molecule has 4 aliphatic heterocycles. The second-order valence-corrected chi connectivity index (χ2v) is 12.0. The van der Waals surface area contributed by atoms with Crippen molar-refractivity contribution in [3.05, 3.63) is 0 Å². The molecule has 2 amide bonds. The molecule has 4 heterocycles. The van der Waals surface area contributed by atoms with E-state index in [-0.39, 0.29) is 56.5 Å². The minimum atomic E-state index is -0.376. The summed E-state index contributed by atoms with van der Waals surface area (Å²) in [7, 11) is 0. The molecule has 0 spiro atoms. The predicted molar refractivity (Wildman–Crippen MR) is 137 cm³/mol. The number of unbranched alkanes of at least 4 members (excludes halogenated alkanes) is 2. The van der Waals surface area contributed by atoms with Gasteiger partial charge < -0.3 is 29.5 Å². The maximum Gasteiger partial charge on any atom is 0.410 e. The number of aliphatic hydroxyl groups excluding tert-OH is 2. The normalized spacial score (nSPS) is 38.4. The van der Waals surface area contributed by atoms with Crippen molar-refractivity contribution in [2.75, 3.05) is 13.1 Å². The maximum atomic E-state index is 11.7. The number of carbonyl (C=O) groups is 2. The number of amides is 2. The smallest absolute Gasteiger partial charge is 0.410 e. The highest BCUT2D eigenvalue weighted by molar-refractivity contribution is 14.1. The van der Waals surface area contributed by atoms with Gasteiger partial charge in [-0.1, -0.05) is 84.7 Å². The zero-order valence-electron chi connectivity index (χ0n) is 18.9. The quantitative estimate of drug-likeness (QED) is 0.327. The van der Waals surface area contributed by atoms with Gasteiger partial charge in [0, 0.05) is 13.1 Å². The molecule has 184 valence electrons. The number of nitrogens with zero attached hydrogens (tertiary/aromatic N) is 2. The highest BCUT2D eigenvalue weighted by Crippen LogP contribution is 2.36. The lowest BCUT2D eigenvalue weighted by atomic mass is 9.99. The molecule has 4 fully saturated rings. The molecule has 8 atom stereocenters. The van der Waals surface area contributed by atoms with Crippen LogP contribution >= 0.6 is 45.2 Å². The Morgan fingerprint density at radius 1 is 0.812 bits per heavy atom. The number of aliphatic hydroxyl groups is 2. The molecule has 0 aromatic heterocycles. The number of cyclic esters (lactones) is 2. The minimum Gasteiger partial charge on any atom is -0.445 e. The Hall–Kier alpha value is -0.0800. The molecule has 32 heavy (non-hydrogen) atoms. The molecule has 4 saturated heterocycles. The van der Waals surface area contributed by atoms with E-state index < -0.39 is 0 Å². The van der Waals surface area contributed by atoms with Crippen molar-refractivity contribution in [1.29, 1.82) is 0 Å². The highest BCUT2D eigenvalue weighted by atomic mass is 127. The topological polar surface area (TPSA) is 99.5 Å². The number of hydrogen-bond acceptors (Lipinski definition) is 6. The first-order valence-corrected chi connectivity index (χ1v) is 14.4. The van der Waals surface area contributed by atoms with E-state index in [9.17, 15) is 19.8 Å². The lowest BCUT2D eigenvalue weighted by molar-refractivity contribution is -0.00440. The van der Waals surface area contributed by atoms with Crippen molar-refractivity contribution in [3.8, 4) is 0 Å². The second-order valence-electron chi connectivity index (χ2n) is 9.10. The highest BCUT2D eigenvalue weighted by Gasteiger charge is 2.49. The molecule has 4 rings (SSSR count). The number of carbonyl (C=O) groups excluding carboxylic acids is 2. The number of halogens is 2. The van der Waals surface area contributed by atoms with Crippen molar-refractivity contribution < 1.29 is 29.3 Å². The van der Waals surface area contributed by atoms with Crippen molar-refractivity contribution in [2.24, 2.45) is 0 Å². The van der Waals surface area contributed by atoms with Gasteiger partial charge in [-0.25, -0.2) is 9.59 Å². The summed E-state index contributed by atoms with van der Waals surface area (Å²) in [6, 6.07) is -0.0765. The van der Waals surface area contributed by atoms with Gasteiger partial charge in [-0.2, -0.15) is 0 Å². The Morgan fingerprint density at radius 2 is 1.19 bits per heavy atom. The summed E-state index contributed by atoms with van der Waals surface area (Å²) in [5, 5.41) is 19.8. The third-order valence-electron chi connectivity index (χ3n) is 6.86. The molecule has 0 aliphatic carbocycles. The summed E-state index contributed by atoms with van der Waals surface area (Å²) in [6.45, 7) is 5.52. The molecule has 2 N–H and O–H groups in total. The molecule has 0 radical (unpaired) electrons. The van der Waals surface area contributed by atoms with Crippen LogP contribution in [0.5, 0.6) is 0 Å². The summed E-state index contributed by atoms with van der Waals surface area (Å²) in [4.78, 5) is 26.8. The average molecular weight is 678 g/mol. The standard InChI is InChI=1S/2C11H18INO3/c2*1-2-3-4-8-9(12)10-7(14)5-6-13(10)11(15)16-8/h2*7-10,14H,2-6H2,1H3/t2*7-,8-,9-,10+/m11/s1. The van der Waals surface area contributed by atoms with Crippen LogP contribution in [0.3, 0.4) is 0 Å². The largest absolute Gasteiger partial charge is 0.445 e. The zero-order valence-corrected chi connectivity index (χ0v) is 23.2. The van der Waals surface area contributed by atoms with E-state index in [2.05, 4.69) is 59.0 Å². The SMILES string of the molecule is CCCC[C@H]1OC(=O)N2CC[C@@H](O)[C@H]2[C@@H]1I.CCCC[C@H]1OC(=O)N2CC[C@@H](O)[C@H]2[C@@H]1I. The van der Waals surface area contributed by atoms with Crippen molar-refractivity contribution in [1.82, 2.24) is 9.80 Å². The Morgan fingerprint density at radius 3 is 1.53 bits per heavy atom. The molecule has 8 nitrogen and oxygen atoms in total. The lowest BCUT2D eigenvalue weighted by Gasteiger charge is -2.39. The molecule has 10 heteroatoms. The first-order chi connectivity index (χ1) is 15.3. The molecule has 4 aliphatic rings. The van der Waals surface area contributed by atoms with Gasteiger partial charge in [-0.3, -0.25) is 0 Å². The fourth-order valence-electron chi connectivity index (χ4n) is 5.00. The van der Waals surface area contributed by atoms with Crippen molar-refractivity contribution in [2.45, 2.75) is 110 Å². The van der Waals surface area contributed by atoms with E-state index in [1.54, 1.807) is 9.80 Å². The fraction of sp³-hybridized carbons (Fsp3) is 0.909. The second kappa shape index (κ2) is 12.1. The predicted octanol–water partition coefficient (Wildman–Crippen LogP) is 3.87. The lowest BCUT2D eigenvalue weighted by Crippen LogP contribution is -2.55. The Labute approximate surface area is 218 Å². The van der Waals surface area contributed by atoms with Crippen LogP contribution in [-0.2, 0) is 9.47 Å². The first kappa shape index (κ1) is 26.5. The third kappa shape index (κ3) is 5.76. The van der Waals surface area contributed by atoms with Gasteiger partial charge >= 0.3 is 12.2 Å². The molecule has 0 aromatic rings. The number of hydrogen-bond donors (Lipinski definition) is 2. The van der Waals surface area contributed by atoms with Crippen LogP contribution in [0.1, 0.15) is 65.2 Å². The summed E-state index contributed by atoms with van der Waals surface area (Å²) in [5.74, 6) is 0. The van der Waals surface area contributed by atoms with E-state index in [4.69, 9.17) is 9.47 Å². The molecule has 0 saturated carbocycles. The number of alkyl halides is 2. The van der Waals surface area contributed by atoms with E-state index >= 15 is 0 Å². The summed E-state index contributed by atoms with van der Waals surface area (Å²) < 4.78 is 11.3. The van der Waals surface area contributed by atoms with E-state index in [0.29, 0.717) is 25.9 Å². The maximum absolute atomic E-state index is 11.7. The van der Waals surface area contributed by atoms with E-state index in [1.807, 2.05) is 0 Å². The Balaban J connectivity index is 0.000000181. The van der Waals surface area contributed by atoms with Gasteiger partial charge in [-0.05, 0) is 25.7 Å². The van der Waals surface area contributed by atoms with Crippen molar-refractivity contribution >= 4 is 57.4 Å². The Kier molecular flexibility index (Phi) is 9.99. The minimum absolute atomic E-state index is 0.0259. The molecular formula is C22H36I2N2O6. The molecule has 0 bridgehead atoms. The van der Waals surface area contributed by atoms with Crippen molar-refractivity contribution in [3.63, 3.8) is 0 Å². The van der Waals surface area contributed by atoms with Crippen LogP contribution in [-0.4, -0.2) is 89.6 Å². The van der Waals surface area contributed by atoms with Gasteiger partial charge in [0.15, 0.2) is 0 Å². The van der Waals surface area contributed by atoms with Crippen LogP contribution < -0.4 is 0 Å².